The van der Waals surface area contributed by atoms with Crippen molar-refractivity contribution in [2.24, 2.45) is 0 Å². The van der Waals surface area contributed by atoms with Crippen molar-refractivity contribution in [3.05, 3.63) is 68.8 Å². The van der Waals surface area contributed by atoms with E-state index in [1.54, 1.807) is 41.3 Å². The molecule has 26 heavy (non-hydrogen) atoms. The topological polar surface area (TPSA) is 110 Å². The minimum Gasteiger partial charge on any atom is -0.393 e. The first-order valence-electron chi connectivity index (χ1n) is 8.43. The largest absolute Gasteiger partial charge is 0.393 e. The highest BCUT2D eigenvalue weighted by Crippen LogP contribution is 2.42. The van der Waals surface area contributed by atoms with Gasteiger partial charge in [0.05, 0.1) is 16.0 Å². The third kappa shape index (κ3) is 3.50. The highest BCUT2D eigenvalue weighted by atomic mass is 16.6. The molecule has 8 heteroatoms. The normalized spacial score (nSPS) is 19.7. The van der Waals surface area contributed by atoms with E-state index in [4.69, 9.17) is 0 Å². The van der Waals surface area contributed by atoms with Crippen LogP contribution < -0.4 is 4.90 Å². The van der Waals surface area contributed by atoms with Crippen LogP contribution in [0.5, 0.6) is 0 Å². The molecule has 1 N–H and O–H groups in total. The van der Waals surface area contributed by atoms with Gasteiger partial charge in [0, 0.05) is 18.2 Å². The number of para-hydroxylation sites is 4. The summed E-state index contributed by atoms with van der Waals surface area (Å²) in [6.07, 6.45) is 1.91. The molecule has 0 aromatic heterocycles. The van der Waals surface area contributed by atoms with Crippen LogP contribution in [-0.4, -0.2) is 27.1 Å². The zero-order valence-electron chi connectivity index (χ0n) is 14.0. The van der Waals surface area contributed by atoms with E-state index in [1.165, 1.54) is 12.1 Å². The fourth-order valence-corrected chi connectivity index (χ4v) is 3.48. The van der Waals surface area contributed by atoms with E-state index in [1.807, 2.05) is 0 Å². The number of aliphatic hydroxyl groups excluding tert-OH is 1. The van der Waals surface area contributed by atoms with Gasteiger partial charge in [-0.2, -0.15) is 0 Å². The van der Waals surface area contributed by atoms with Crippen molar-refractivity contribution in [1.29, 1.82) is 0 Å². The van der Waals surface area contributed by atoms with Crippen LogP contribution >= 0.6 is 0 Å². The highest BCUT2D eigenvalue weighted by Gasteiger charge is 2.33. The van der Waals surface area contributed by atoms with Gasteiger partial charge in [0.1, 0.15) is 11.4 Å². The average Bonchev–Trinajstić information content (AvgIpc) is 2.64. The summed E-state index contributed by atoms with van der Waals surface area (Å²) in [7, 11) is 0. The van der Waals surface area contributed by atoms with E-state index in [-0.39, 0.29) is 17.4 Å². The Labute approximate surface area is 150 Å². The van der Waals surface area contributed by atoms with Gasteiger partial charge in [0.15, 0.2) is 0 Å². The third-order valence-corrected chi connectivity index (χ3v) is 4.71. The van der Waals surface area contributed by atoms with Crippen molar-refractivity contribution in [1.82, 2.24) is 0 Å². The fourth-order valence-electron chi connectivity index (χ4n) is 3.48. The third-order valence-electron chi connectivity index (χ3n) is 4.71. The molecule has 136 valence electrons. The molecule has 0 bridgehead atoms. The predicted octanol–water partition coefficient (Wildman–Crippen LogP) is 3.94. The van der Waals surface area contributed by atoms with Crippen LogP contribution in [0.4, 0.5) is 22.7 Å². The van der Waals surface area contributed by atoms with Gasteiger partial charge in [0.25, 0.3) is 11.4 Å². The van der Waals surface area contributed by atoms with E-state index < -0.39 is 16.0 Å². The van der Waals surface area contributed by atoms with Gasteiger partial charge in [-0.3, -0.25) is 20.2 Å². The maximum absolute atomic E-state index is 11.5. The minimum atomic E-state index is -0.477. The summed E-state index contributed by atoms with van der Waals surface area (Å²) < 4.78 is 0. The number of hydrogen-bond acceptors (Lipinski definition) is 6. The Hall–Kier alpha value is -3.00. The van der Waals surface area contributed by atoms with Crippen LogP contribution in [0, 0.1) is 20.2 Å². The summed E-state index contributed by atoms with van der Waals surface area (Å²) in [6, 6.07) is 12.4. The van der Waals surface area contributed by atoms with Gasteiger partial charge in [-0.25, -0.2) is 0 Å². The molecule has 0 saturated heterocycles. The monoisotopic (exact) mass is 357 g/mol. The Balaban J connectivity index is 2.16. The maximum atomic E-state index is 11.5. The van der Waals surface area contributed by atoms with Gasteiger partial charge >= 0.3 is 0 Å². The number of nitro groups is 2. The molecule has 0 amide bonds. The Bertz CT molecular complexity index is 760. The smallest absolute Gasteiger partial charge is 0.292 e. The molecule has 2 aromatic rings. The molecule has 3 rings (SSSR count). The molecule has 0 unspecified atom stereocenters. The quantitative estimate of drug-likeness (QED) is 0.641. The van der Waals surface area contributed by atoms with Gasteiger partial charge < -0.3 is 10.0 Å². The second kappa shape index (κ2) is 7.49. The molecular formula is C18H19N3O5. The Morgan fingerprint density at radius 1 is 0.808 bits per heavy atom. The van der Waals surface area contributed by atoms with Gasteiger partial charge in [-0.15, -0.1) is 0 Å². The molecule has 1 fully saturated rings. The first-order chi connectivity index (χ1) is 12.5. The molecule has 8 nitrogen and oxygen atoms in total. The lowest BCUT2D eigenvalue weighted by Gasteiger charge is -2.36. The maximum Gasteiger partial charge on any atom is 0.292 e. The summed E-state index contributed by atoms with van der Waals surface area (Å²) >= 11 is 0. The number of rotatable bonds is 5. The molecule has 0 heterocycles. The Kier molecular flexibility index (Phi) is 5.13. The lowest BCUT2D eigenvalue weighted by atomic mass is 9.91. The van der Waals surface area contributed by atoms with Gasteiger partial charge in [0.2, 0.25) is 0 Å². The van der Waals surface area contributed by atoms with Crippen LogP contribution in [-0.2, 0) is 0 Å². The van der Waals surface area contributed by atoms with Gasteiger partial charge in [-0.05, 0) is 37.8 Å². The molecule has 0 spiro atoms. The Morgan fingerprint density at radius 3 is 1.65 bits per heavy atom. The number of nitrogens with zero attached hydrogens (tertiary/aromatic N) is 3. The molecule has 2 aromatic carbocycles. The molecule has 0 aliphatic heterocycles. The summed E-state index contributed by atoms with van der Waals surface area (Å²) in [4.78, 5) is 23.8. The van der Waals surface area contributed by atoms with Crippen molar-refractivity contribution in [2.75, 3.05) is 4.90 Å². The van der Waals surface area contributed by atoms with Crippen LogP contribution in [0.15, 0.2) is 48.5 Å². The number of benzene rings is 2. The fraction of sp³-hybridized carbons (Fsp3) is 0.333. The first-order valence-corrected chi connectivity index (χ1v) is 8.43. The van der Waals surface area contributed by atoms with E-state index in [2.05, 4.69) is 0 Å². The Morgan fingerprint density at radius 2 is 1.23 bits per heavy atom. The lowest BCUT2D eigenvalue weighted by molar-refractivity contribution is -0.384. The van der Waals surface area contributed by atoms with Gasteiger partial charge in [-0.1, -0.05) is 24.3 Å². The van der Waals surface area contributed by atoms with E-state index in [9.17, 15) is 25.3 Å². The molecule has 1 aliphatic carbocycles. The first kappa shape index (κ1) is 17.8. The molecule has 1 saturated carbocycles. The van der Waals surface area contributed by atoms with Crippen molar-refractivity contribution in [2.45, 2.75) is 37.8 Å². The number of hydrogen-bond donors (Lipinski definition) is 1. The standard InChI is InChI=1S/C18H19N3O5/c22-14-11-9-13(10-12-14)19(15-5-1-3-7-17(15)20(23)24)16-6-2-4-8-18(16)21(25)26/h1-8,13-14,22H,9-12H2. The number of anilines is 2. The SMILES string of the molecule is O=[N+]([O-])c1ccccc1N(c1ccccc1[N+](=O)[O-])C1CCC(O)CC1. The molecular weight excluding hydrogens is 338 g/mol. The van der Waals surface area contributed by atoms with Crippen LogP contribution in [0.25, 0.3) is 0 Å². The highest BCUT2D eigenvalue weighted by molar-refractivity contribution is 5.78. The van der Waals surface area contributed by atoms with E-state index in [0.29, 0.717) is 37.1 Å². The average molecular weight is 357 g/mol. The second-order valence-corrected chi connectivity index (χ2v) is 6.32. The summed E-state index contributed by atoms with van der Waals surface area (Å²) in [5, 5.41) is 32.8. The van der Waals surface area contributed by atoms with Crippen LogP contribution in [0.3, 0.4) is 0 Å². The predicted molar refractivity (Wildman–Crippen MR) is 96.6 cm³/mol. The summed E-state index contributed by atoms with van der Waals surface area (Å²) in [5.41, 5.74) is 0.454. The van der Waals surface area contributed by atoms with E-state index >= 15 is 0 Å². The zero-order chi connectivity index (χ0) is 18.7. The minimum absolute atomic E-state index is 0.100. The summed E-state index contributed by atoms with van der Waals surface area (Å²) in [5.74, 6) is 0. The van der Waals surface area contributed by atoms with Crippen LogP contribution in [0.2, 0.25) is 0 Å². The molecule has 0 atom stereocenters. The number of nitro benzene ring substituents is 2. The van der Waals surface area contributed by atoms with Crippen molar-refractivity contribution < 1.29 is 15.0 Å². The molecule has 0 radical (unpaired) electrons. The molecule has 1 aliphatic rings. The van der Waals surface area contributed by atoms with Crippen molar-refractivity contribution >= 4 is 22.7 Å². The summed E-state index contributed by atoms with van der Waals surface area (Å²) in [6.45, 7) is 0. The zero-order valence-corrected chi connectivity index (χ0v) is 14.0. The van der Waals surface area contributed by atoms with Crippen molar-refractivity contribution in [3.63, 3.8) is 0 Å². The van der Waals surface area contributed by atoms with Crippen LogP contribution in [0.1, 0.15) is 25.7 Å². The lowest BCUT2D eigenvalue weighted by Crippen LogP contribution is -2.36. The number of aliphatic hydroxyl groups is 1. The second-order valence-electron chi connectivity index (χ2n) is 6.32. The van der Waals surface area contributed by atoms with Crippen molar-refractivity contribution in [3.8, 4) is 0 Å². The van der Waals surface area contributed by atoms with E-state index in [0.717, 1.165) is 0 Å².